The molecule has 1 atom stereocenters. The van der Waals surface area contributed by atoms with Gasteiger partial charge >= 0.3 is 0 Å². The Labute approximate surface area is 167 Å². The number of nitrogens with zero attached hydrogens (tertiary/aromatic N) is 1. The molecule has 3 nitrogen and oxygen atoms in total. The number of nitrogens with two attached hydrogens (primary N) is 1. The van der Waals surface area contributed by atoms with Crippen LogP contribution in [-0.4, -0.2) is 10.5 Å². The van der Waals surface area contributed by atoms with Gasteiger partial charge in [-0.25, -0.2) is 0 Å². The van der Waals surface area contributed by atoms with Crippen molar-refractivity contribution >= 4 is 16.8 Å². The summed E-state index contributed by atoms with van der Waals surface area (Å²) in [5.74, 6) is 0.416. The van der Waals surface area contributed by atoms with Crippen LogP contribution in [0, 0.1) is 5.92 Å². The molecule has 0 saturated carbocycles. The third-order valence-electron chi connectivity index (χ3n) is 6.23. The molecule has 1 unspecified atom stereocenters. The summed E-state index contributed by atoms with van der Waals surface area (Å²) in [7, 11) is 0. The van der Waals surface area contributed by atoms with E-state index >= 15 is 0 Å². The SMILES string of the molecule is CCCCC1CCCc2c(n(Cc3cccc(C(N)=O)c3)c3ccccc23)C1. The Morgan fingerprint density at radius 3 is 2.86 bits per heavy atom. The van der Waals surface area contributed by atoms with Crippen LogP contribution in [0.5, 0.6) is 0 Å². The zero-order chi connectivity index (χ0) is 19.5. The molecule has 1 aliphatic carbocycles. The number of rotatable bonds is 6. The Kier molecular flexibility index (Phi) is 5.52. The van der Waals surface area contributed by atoms with Crippen LogP contribution in [0.1, 0.15) is 66.2 Å². The number of aromatic nitrogens is 1. The Bertz CT molecular complexity index is 985. The molecule has 3 aromatic rings. The van der Waals surface area contributed by atoms with Gasteiger partial charge in [0.15, 0.2) is 0 Å². The number of unbranched alkanes of at least 4 members (excludes halogenated alkanes) is 1. The Hall–Kier alpha value is -2.55. The number of aryl methyl sites for hydroxylation is 1. The van der Waals surface area contributed by atoms with Crippen LogP contribution in [0.4, 0.5) is 0 Å². The minimum absolute atomic E-state index is 0.363. The number of carbonyl (C=O) groups is 1. The lowest BCUT2D eigenvalue weighted by Gasteiger charge is -2.17. The number of carbonyl (C=O) groups excluding carboxylic acids is 1. The van der Waals surface area contributed by atoms with Gasteiger partial charge in [0.1, 0.15) is 0 Å². The van der Waals surface area contributed by atoms with Crippen LogP contribution in [0.2, 0.25) is 0 Å². The van der Waals surface area contributed by atoms with Crippen molar-refractivity contribution in [2.24, 2.45) is 11.7 Å². The summed E-state index contributed by atoms with van der Waals surface area (Å²) in [5, 5.41) is 1.40. The van der Waals surface area contributed by atoms with Gasteiger partial charge in [-0.15, -0.1) is 0 Å². The molecule has 0 radical (unpaired) electrons. The molecule has 0 bridgehead atoms. The van der Waals surface area contributed by atoms with Crippen molar-refractivity contribution in [2.45, 2.75) is 58.4 Å². The third kappa shape index (κ3) is 3.71. The summed E-state index contributed by atoms with van der Waals surface area (Å²) in [4.78, 5) is 11.6. The summed E-state index contributed by atoms with van der Waals surface area (Å²) in [6.07, 6.45) is 8.88. The van der Waals surface area contributed by atoms with E-state index in [4.69, 9.17) is 5.73 Å². The zero-order valence-electron chi connectivity index (χ0n) is 16.8. The number of primary amides is 1. The van der Waals surface area contributed by atoms with Crippen LogP contribution < -0.4 is 5.73 Å². The monoisotopic (exact) mass is 374 g/mol. The molecule has 0 saturated heterocycles. The summed E-state index contributed by atoms with van der Waals surface area (Å²) >= 11 is 0. The second kappa shape index (κ2) is 8.22. The standard InChI is InChI=1S/C25H30N2O/c1-2-3-8-18-9-7-13-22-21-12-4-5-14-23(21)27(24(22)16-18)17-19-10-6-11-20(15-19)25(26)28/h4-6,10-12,14-15,18H,2-3,7-9,13,16-17H2,1H3,(H2,26,28). The summed E-state index contributed by atoms with van der Waals surface area (Å²) in [5.41, 5.74) is 11.6. The molecule has 3 heteroatoms. The highest BCUT2D eigenvalue weighted by atomic mass is 16.1. The van der Waals surface area contributed by atoms with Gasteiger partial charge in [0.2, 0.25) is 5.91 Å². The number of para-hydroxylation sites is 1. The summed E-state index contributed by atoms with van der Waals surface area (Å²) in [6.45, 7) is 3.07. The second-order valence-corrected chi connectivity index (χ2v) is 8.20. The molecular weight excluding hydrogens is 344 g/mol. The van der Waals surface area contributed by atoms with E-state index in [1.165, 1.54) is 61.5 Å². The van der Waals surface area contributed by atoms with Crippen molar-refractivity contribution in [2.75, 3.05) is 0 Å². The minimum atomic E-state index is -0.363. The van der Waals surface area contributed by atoms with Crippen LogP contribution in [0.25, 0.3) is 10.9 Å². The number of hydrogen-bond donors (Lipinski definition) is 1. The van der Waals surface area contributed by atoms with E-state index in [1.807, 2.05) is 12.1 Å². The van der Waals surface area contributed by atoms with E-state index in [9.17, 15) is 4.79 Å². The maximum atomic E-state index is 11.6. The van der Waals surface area contributed by atoms with Crippen molar-refractivity contribution in [3.05, 3.63) is 70.9 Å². The van der Waals surface area contributed by atoms with E-state index in [0.29, 0.717) is 5.56 Å². The minimum Gasteiger partial charge on any atom is -0.366 e. The lowest BCUT2D eigenvalue weighted by atomic mass is 9.94. The first kappa shape index (κ1) is 18.8. The van der Waals surface area contributed by atoms with Crippen molar-refractivity contribution in [1.29, 1.82) is 0 Å². The molecule has 1 amide bonds. The number of hydrogen-bond acceptors (Lipinski definition) is 1. The first-order valence-corrected chi connectivity index (χ1v) is 10.6. The highest BCUT2D eigenvalue weighted by molar-refractivity contribution is 5.93. The average Bonchev–Trinajstić information content (AvgIpc) is 2.86. The van der Waals surface area contributed by atoms with Crippen molar-refractivity contribution in [3.8, 4) is 0 Å². The predicted molar refractivity (Wildman–Crippen MR) is 116 cm³/mol. The topological polar surface area (TPSA) is 48.0 Å². The molecule has 0 aliphatic heterocycles. The Morgan fingerprint density at radius 2 is 2.04 bits per heavy atom. The molecule has 2 aromatic carbocycles. The highest BCUT2D eigenvalue weighted by Crippen LogP contribution is 2.35. The lowest BCUT2D eigenvalue weighted by Crippen LogP contribution is -2.13. The van der Waals surface area contributed by atoms with E-state index in [2.05, 4.69) is 41.8 Å². The maximum Gasteiger partial charge on any atom is 0.248 e. The molecule has 0 spiro atoms. The molecule has 28 heavy (non-hydrogen) atoms. The largest absolute Gasteiger partial charge is 0.366 e. The maximum absolute atomic E-state index is 11.6. The first-order valence-electron chi connectivity index (χ1n) is 10.6. The van der Waals surface area contributed by atoms with Crippen molar-refractivity contribution in [1.82, 2.24) is 4.57 Å². The van der Waals surface area contributed by atoms with E-state index < -0.39 is 0 Å². The van der Waals surface area contributed by atoms with Gasteiger partial charge in [-0.2, -0.15) is 0 Å². The van der Waals surface area contributed by atoms with E-state index in [0.717, 1.165) is 18.0 Å². The predicted octanol–water partition coefficient (Wildman–Crippen LogP) is 5.47. The van der Waals surface area contributed by atoms with Gasteiger partial charge in [-0.05, 0) is 60.9 Å². The van der Waals surface area contributed by atoms with Gasteiger partial charge < -0.3 is 10.3 Å². The lowest BCUT2D eigenvalue weighted by molar-refractivity contribution is 0.1000. The third-order valence-corrected chi connectivity index (χ3v) is 6.23. The molecule has 146 valence electrons. The summed E-state index contributed by atoms with van der Waals surface area (Å²) < 4.78 is 2.50. The molecule has 1 aliphatic rings. The zero-order valence-corrected chi connectivity index (χ0v) is 16.8. The molecule has 1 heterocycles. The highest BCUT2D eigenvalue weighted by Gasteiger charge is 2.23. The van der Waals surface area contributed by atoms with Crippen LogP contribution >= 0.6 is 0 Å². The van der Waals surface area contributed by atoms with Crippen molar-refractivity contribution < 1.29 is 4.79 Å². The normalized spacial score (nSPS) is 16.7. The van der Waals surface area contributed by atoms with Crippen molar-refractivity contribution in [3.63, 3.8) is 0 Å². The fourth-order valence-electron chi connectivity index (χ4n) is 4.81. The van der Waals surface area contributed by atoms with E-state index in [-0.39, 0.29) is 5.91 Å². The van der Waals surface area contributed by atoms with Gasteiger partial charge in [-0.1, -0.05) is 56.5 Å². The molecule has 1 aromatic heterocycles. The number of fused-ring (bicyclic) bond motifs is 3. The van der Waals surface area contributed by atoms with Crippen LogP contribution in [0.15, 0.2) is 48.5 Å². The Morgan fingerprint density at radius 1 is 1.18 bits per heavy atom. The Balaban J connectivity index is 1.76. The van der Waals surface area contributed by atoms with Crippen LogP contribution in [-0.2, 0) is 19.4 Å². The van der Waals surface area contributed by atoms with Gasteiger partial charge in [0.05, 0.1) is 0 Å². The fraction of sp³-hybridized carbons (Fsp3) is 0.400. The number of amides is 1. The second-order valence-electron chi connectivity index (χ2n) is 8.20. The molecule has 0 fully saturated rings. The van der Waals surface area contributed by atoms with Gasteiger partial charge in [-0.3, -0.25) is 4.79 Å². The summed E-state index contributed by atoms with van der Waals surface area (Å²) in [6, 6.07) is 16.6. The van der Waals surface area contributed by atoms with Crippen LogP contribution in [0.3, 0.4) is 0 Å². The van der Waals surface area contributed by atoms with Gasteiger partial charge in [0.25, 0.3) is 0 Å². The fourth-order valence-corrected chi connectivity index (χ4v) is 4.81. The van der Waals surface area contributed by atoms with Gasteiger partial charge in [0, 0.05) is 28.7 Å². The average molecular weight is 375 g/mol. The first-order chi connectivity index (χ1) is 13.7. The molecule has 4 rings (SSSR count). The molecular formula is C25H30N2O. The quantitative estimate of drug-likeness (QED) is 0.571. The smallest absolute Gasteiger partial charge is 0.248 e. The molecule has 2 N–H and O–H groups in total. The van der Waals surface area contributed by atoms with E-state index in [1.54, 1.807) is 11.6 Å². The number of benzene rings is 2.